The average molecular weight is 347 g/mol. The highest BCUT2D eigenvalue weighted by atomic mass is 32.1. The van der Waals surface area contributed by atoms with Crippen molar-refractivity contribution in [2.24, 2.45) is 0 Å². The maximum atomic E-state index is 12.6. The zero-order valence-corrected chi connectivity index (χ0v) is 14.7. The molecule has 0 spiro atoms. The first-order valence-corrected chi connectivity index (χ1v) is 8.95. The van der Waals surface area contributed by atoms with Crippen molar-refractivity contribution < 1.29 is 14.1 Å². The number of likely N-dealkylation sites (N-methyl/N-ethyl adjacent to an activating group) is 1. The number of nitrogens with one attached hydrogen (secondary N) is 1. The Morgan fingerprint density at radius 1 is 1.29 bits per heavy atom. The summed E-state index contributed by atoms with van der Waals surface area (Å²) in [6.45, 7) is 1.73. The van der Waals surface area contributed by atoms with Gasteiger partial charge in [-0.25, -0.2) is 0 Å². The zero-order valence-electron chi connectivity index (χ0n) is 13.9. The standard InChI is InChI=1S/C17H21N3O3S/c1-11-8-15(19-23-11)18-16(21)10-20(2)17(22)14-9-12-6-4-3-5-7-13(12)24-14/h8-9H,3-7,10H2,1-2H3,(H,18,19,21). The molecule has 2 heterocycles. The van der Waals surface area contributed by atoms with E-state index in [4.69, 9.17) is 4.52 Å². The second kappa shape index (κ2) is 7.17. The van der Waals surface area contributed by atoms with Gasteiger partial charge < -0.3 is 14.7 Å². The highest BCUT2D eigenvalue weighted by Gasteiger charge is 2.20. The van der Waals surface area contributed by atoms with Crippen molar-refractivity contribution >= 4 is 29.0 Å². The number of amides is 2. The molecular formula is C17H21N3O3S. The molecule has 2 amide bonds. The summed E-state index contributed by atoms with van der Waals surface area (Å²) in [5, 5.41) is 6.33. The van der Waals surface area contributed by atoms with E-state index in [1.807, 2.05) is 6.07 Å². The predicted octanol–water partition coefficient (Wildman–Crippen LogP) is 3.02. The van der Waals surface area contributed by atoms with Gasteiger partial charge in [0.25, 0.3) is 5.91 Å². The quantitative estimate of drug-likeness (QED) is 0.863. The van der Waals surface area contributed by atoms with Gasteiger partial charge in [-0.3, -0.25) is 9.59 Å². The van der Waals surface area contributed by atoms with Crippen molar-refractivity contribution in [1.29, 1.82) is 0 Å². The second-order valence-corrected chi connectivity index (χ2v) is 7.29. The van der Waals surface area contributed by atoms with E-state index in [-0.39, 0.29) is 18.4 Å². The Balaban J connectivity index is 1.61. The van der Waals surface area contributed by atoms with E-state index >= 15 is 0 Å². The van der Waals surface area contributed by atoms with Gasteiger partial charge >= 0.3 is 0 Å². The van der Waals surface area contributed by atoms with Gasteiger partial charge in [-0.05, 0) is 44.2 Å². The lowest BCUT2D eigenvalue weighted by atomic mass is 10.1. The van der Waals surface area contributed by atoms with Crippen molar-refractivity contribution in [2.75, 3.05) is 18.9 Å². The Kier molecular flexibility index (Phi) is 4.99. The third kappa shape index (κ3) is 3.84. The molecule has 3 rings (SSSR count). The summed E-state index contributed by atoms with van der Waals surface area (Å²) in [7, 11) is 1.64. The smallest absolute Gasteiger partial charge is 0.264 e. The van der Waals surface area contributed by atoms with Gasteiger partial charge in [0.15, 0.2) is 5.82 Å². The second-order valence-electron chi connectivity index (χ2n) is 6.15. The molecule has 0 unspecified atom stereocenters. The number of carbonyl (C=O) groups is 2. The minimum Gasteiger partial charge on any atom is -0.360 e. The van der Waals surface area contributed by atoms with Gasteiger partial charge in [0, 0.05) is 18.0 Å². The van der Waals surface area contributed by atoms with Crippen molar-refractivity contribution in [1.82, 2.24) is 10.1 Å². The van der Waals surface area contributed by atoms with E-state index in [9.17, 15) is 9.59 Å². The average Bonchev–Trinajstić information content (AvgIpc) is 3.06. The van der Waals surface area contributed by atoms with Gasteiger partial charge in [0.05, 0.1) is 11.4 Å². The molecule has 1 N–H and O–H groups in total. The molecule has 1 aliphatic rings. The van der Waals surface area contributed by atoms with Crippen LogP contribution in [0.15, 0.2) is 16.7 Å². The summed E-state index contributed by atoms with van der Waals surface area (Å²) in [6.07, 6.45) is 5.74. The molecule has 24 heavy (non-hydrogen) atoms. The number of aromatic nitrogens is 1. The third-order valence-electron chi connectivity index (χ3n) is 4.08. The predicted molar refractivity (Wildman–Crippen MR) is 92.4 cm³/mol. The first-order chi connectivity index (χ1) is 11.5. The zero-order chi connectivity index (χ0) is 17.1. The Morgan fingerprint density at radius 3 is 2.83 bits per heavy atom. The fourth-order valence-corrected chi connectivity index (χ4v) is 4.10. The molecule has 0 aromatic carbocycles. The maximum absolute atomic E-state index is 12.6. The molecule has 6 nitrogen and oxygen atoms in total. The molecule has 128 valence electrons. The number of hydrogen-bond acceptors (Lipinski definition) is 5. The van der Waals surface area contributed by atoms with E-state index in [2.05, 4.69) is 10.5 Å². The van der Waals surface area contributed by atoms with E-state index in [0.29, 0.717) is 11.6 Å². The largest absolute Gasteiger partial charge is 0.360 e. The molecule has 2 aromatic rings. The normalized spacial score (nSPS) is 13.9. The Hall–Kier alpha value is -2.15. The van der Waals surface area contributed by atoms with Crippen molar-refractivity contribution in [3.05, 3.63) is 33.2 Å². The number of aryl methyl sites for hydroxylation is 3. The number of carbonyl (C=O) groups excluding carboxylic acids is 2. The Morgan fingerprint density at radius 2 is 2.08 bits per heavy atom. The van der Waals surface area contributed by atoms with Crippen LogP contribution in [-0.2, 0) is 17.6 Å². The van der Waals surface area contributed by atoms with E-state index < -0.39 is 0 Å². The van der Waals surface area contributed by atoms with Crippen molar-refractivity contribution in [3.63, 3.8) is 0 Å². The molecule has 0 saturated heterocycles. The van der Waals surface area contributed by atoms with Crippen molar-refractivity contribution in [2.45, 2.75) is 39.0 Å². The molecule has 0 saturated carbocycles. The van der Waals surface area contributed by atoms with Crippen LogP contribution in [0.25, 0.3) is 0 Å². The lowest BCUT2D eigenvalue weighted by Crippen LogP contribution is -2.34. The summed E-state index contributed by atoms with van der Waals surface area (Å²) in [5.74, 6) is 0.577. The number of anilines is 1. The van der Waals surface area contributed by atoms with Crippen LogP contribution in [0.2, 0.25) is 0 Å². The minimum absolute atomic E-state index is 0.0205. The SMILES string of the molecule is Cc1cc(NC(=O)CN(C)C(=O)c2cc3c(s2)CCCCC3)no1. The Bertz CT molecular complexity index is 727. The molecule has 0 radical (unpaired) electrons. The van der Waals surface area contributed by atoms with Gasteiger partial charge in [-0.1, -0.05) is 11.6 Å². The molecule has 0 fully saturated rings. The minimum atomic E-state index is -0.294. The fourth-order valence-electron chi connectivity index (χ4n) is 2.86. The lowest BCUT2D eigenvalue weighted by molar-refractivity contribution is -0.116. The van der Waals surface area contributed by atoms with Crippen LogP contribution in [0.1, 0.15) is 45.1 Å². The summed E-state index contributed by atoms with van der Waals surface area (Å²) >= 11 is 1.57. The van der Waals surface area contributed by atoms with Crippen LogP contribution in [0.4, 0.5) is 5.82 Å². The van der Waals surface area contributed by atoms with Crippen LogP contribution in [-0.4, -0.2) is 35.5 Å². The van der Waals surface area contributed by atoms with Crippen LogP contribution >= 0.6 is 11.3 Å². The van der Waals surface area contributed by atoms with Gasteiger partial charge in [0.2, 0.25) is 5.91 Å². The number of thiophene rings is 1. The lowest BCUT2D eigenvalue weighted by Gasteiger charge is -2.15. The Labute approximate surface area is 144 Å². The highest BCUT2D eigenvalue weighted by molar-refractivity contribution is 7.14. The topological polar surface area (TPSA) is 75.4 Å². The van der Waals surface area contributed by atoms with Crippen LogP contribution < -0.4 is 5.32 Å². The van der Waals surface area contributed by atoms with Crippen LogP contribution in [0.5, 0.6) is 0 Å². The van der Waals surface area contributed by atoms with E-state index in [0.717, 1.165) is 17.7 Å². The van der Waals surface area contributed by atoms with Crippen LogP contribution in [0, 0.1) is 6.92 Å². The third-order valence-corrected chi connectivity index (χ3v) is 5.31. The first kappa shape index (κ1) is 16.7. The summed E-state index contributed by atoms with van der Waals surface area (Å²) in [6, 6.07) is 3.64. The monoisotopic (exact) mass is 347 g/mol. The van der Waals surface area contributed by atoms with Crippen molar-refractivity contribution in [3.8, 4) is 0 Å². The fraction of sp³-hybridized carbons (Fsp3) is 0.471. The molecule has 0 aliphatic heterocycles. The molecule has 2 aromatic heterocycles. The number of nitrogens with zero attached hydrogens (tertiary/aromatic N) is 2. The summed E-state index contributed by atoms with van der Waals surface area (Å²) < 4.78 is 4.90. The maximum Gasteiger partial charge on any atom is 0.264 e. The van der Waals surface area contributed by atoms with E-state index in [1.54, 1.807) is 31.4 Å². The first-order valence-electron chi connectivity index (χ1n) is 8.13. The molecular weight excluding hydrogens is 326 g/mol. The van der Waals surface area contributed by atoms with Gasteiger partial charge in [-0.2, -0.15) is 0 Å². The van der Waals surface area contributed by atoms with Gasteiger partial charge in [-0.15, -0.1) is 11.3 Å². The summed E-state index contributed by atoms with van der Waals surface area (Å²) in [4.78, 5) is 28.1. The number of rotatable bonds is 4. The van der Waals surface area contributed by atoms with E-state index in [1.165, 1.54) is 34.6 Å². The molecule has 0 bridgehead atoms. The number of hydrogen-bond donors (Lipinski definition) is 1. The van der Waals surface area contributed by atoms with Crippen LogP contribution in [0.3, 0.4) is 0 Å². The number of fused-ring (bicyclic) bond motifs is 1. The molecule has 0 atom stereocenters. The molecule has 7 heteroatoms. The highest BCUT2D eigenvalue weighted by Crippen LogP contribution is 2.29. The summed E-state index contributed by atoms with van der Waals surface area (Å²) in [5.41, 5.74) is 1.30. The molecule has 1 aliphatic carbocycles. The van der Waals surface area contributed by atoms with Gasteiger partial charge in [0.1, 0.15) is 5.76 Å².